The highest BCUT2D eigenvalue weighted by Gasteiger charge is 2.37. The highest BCUT2D eigenvalue weighted by molar-refractivity contribution is 6.74. The molecule has 0 bridgehead atoms. The molecule has 218 valence electrons. The van der Waals surface area contributed by atoms with Crippen LogP contribution < -0.4 is 0 Å². The fourth-order valence-electron chi connectivity index (χ4n) is 3.94. The van der Waals surface area contributed by atoms with Gasteiger partial charge in [-0.3, -0.25) is 4.79 Å². The molecule has 0 saturated carbocycles. The van der Waals surface area contributed by atoms with Crippen molar-refractivity contribution in [2.45, 2.75) is 104 Å². The maximum absolute atomic E-state index is 11.6. The van der Waals surface area contributed by atoms with Crippen molar-refractivity contribution in [2.75, 3.05) is 27.6 Å². The highest BCUT2D eigenvalue weighted by Crippen LogP contribution is 2.37. The van der Waals surface area contributed by atoms with E-state index >= 15 is 0 Å². The standard InChI is InChI=1S/C31H54O6Si/c1-24(20-29(32)34-8)15-14-16-26(3)30(35-22-27-17-12-11-13-18-27)28(36-23-33-7)19-25(2)21-37-38(9,10)31(4,5)6/h11-13,16-18,24-25,28,30H,14-15,19-23H2,1-10H3/b26-16+/t24-,25+,28-,30-/m0/s1. The molecule has 38 heavy (non-hydrogen) atoms. The maximum atomic E-state index is 11.6. The lowest BCUT2D eigenvalue weighted by Crippen LogP contribution is -2.42. The summed E-state index contributed by atoms with van der Waals surface area (Å²) in [6.07, 6.45) is 4.80. The van der Waals surface area contributed by atoms with E-state index in [-0.39, 0.29) is 35.9 Å². The molecule has 0 aliphatic rings. The van der Waals surface area contributed by atoms with E-state index in [0.29, 0.717) is 25.6 Å². The number of rotatable bonds is 18. The van der Waals surface area contributed by atoms with E-state index in [9.17, 15) is 4.79 Å². The van der Waals surface area contributed by atoms with Crippen LogP contribution in [0.15, 0.2) is 42.0 Å². The van der Waals surface area contributed by atoms with Gasteiger partial charge in [0.05, 0.1) is 19.8 Å². The van der Waals surface area contributed by atoms with Crippen LogP contribution in [0.1, 0.15) is 72.8 Å². The van der Waals surface area contributed by atoms with Crippen molar-refractivity contribution in [3.8, 4) is 0 Å². The number of benzene rings is 1. The summed E-state index contributed by atoms with van der Waals surface area (Å²) in [6, 6.07) is 10.2. The van der Waals surface area contributed by atoms with Crippen molar-refractivity contribution in [3.05, 3.63) is 47.5 Å². The minimum atomic E-state index is -1.84. The van der Waals surface area contributed by atoms with Gasteiger partial charge in [-0.05, 0) is 67.3 Å². The van der Waals surface area contributed by atoms with Crippen molar-refractivity contribution >= 4 is 14.3 Å². The zero-order valence-corrected chi connectivity index (χ0v) is 26.7. The van der Waals surface area contributed by atoms with E-state index in [4.69, 9.17) is 23.4 Å². The van der Waals surface area contributed by atoms with E-state index < -0.39 is 8.32 Å². The Labute approximate surface area is 233 Å². The van der Waals surface area contributed by atoms with Crippen molar-refractivity contribution < 1.29 is 28.2 Å². The quantitative estimate of drug-likeness (QED) is 0.0814. The molecule has 0 unspecified atom stereocenters. The SMILES string of the molecule is COCO[C@@H](C[C@@H](C)CO[Si](C)(C)C(C)(C)C)[C@@H](OCc1ccccc1)/C(C)=C/CC[C@H](C)CC(=O)OC. The number of methoxy groups -OCH3 is 2. The third-order valence-electron chi connectivity index (χ3n) is 7.50. The molecule has 0 heterocycles. The number of carbonyl (C=O) groups is 1. The van der Waals surface area contributed by atoms with Gasteiger partial charge in [-0.2, -0.15) is 0 Å². The summed E-state index contributed by atoms with van der Waals surface area (Å²) < 4.78 is 29.4. The van der Waals surface area contributed by atoms with Gasteiger partial charge in [-0.25, -0.2) is 0 Å². The topological polar surface area (TPSA) is 63.2 Å². The third kappa shape index (κ3) is 13.0. The van der Waals surface area contributed by atoms with Crippen molar-refractivity contribution in [1.29, 1.82) is 0 Å². The van der Waals surface area contributed by atoms with E-state index in [0.717, 1.165) is 30.4 Å². The van der Waals surface area contributed by atoms with Crippen LogP contribution >= 0.6 is 0 Å². The van der Waals surface area contributed by atoms with Gasteiger partial charge in [0.25, 0.3) is 0 Å². The van der Waals surface area contributed by atoms with Crippen molar-refractivity contribution in [1.82, 2.24) is 0 Å². The van der Waals surface area contributed by atoms with Gasteiger partial charge in [-0.15, -0.1) is 0 Å². The molecule has 0 fully saturated rings. The Morgan fingerprint density at radius 1 is 1.03 bits per heavy atom. The first-order valence-electron chi connectivity index (χ1n) is 13.9. The lowest BCUT2D eigenvalue weighted by Gasteiger charge is -2.37. The first-order chi connectivity index (χ1) is 17.8. The second-order valence-electron chi connectivity index (χ2n) is 12.2. The number of hydrogen-bond donors (Lipinski definition) is 0. The lowest BCUT2D eigenvalue weighted by molar-refractivity contribution is -0.141. The van der Waals surface area contributed by atoms with Crippen LogP contribution in [-0.2, 0) is 34.8 Å². The molecule has 0 radical (unpaired) electrons. The van der Waals surface area contributed by atoms with Crippen LogP contribution in [0.5, 0.6) is 0 Å². The second kappa shape index (κ2) is 17.2. The van der Waals surface area contributed by atoms with Crippen LogP contribution in [0, 0.1) is 11.8 Å². The van der Waals surface area contributed by atoms with Crippen LogP contribution in [0.25, 0.3) is 0 Å². The summed E-state index contributed by atoms with van der Waals surface area (Å²) in [6.45, 7) is 19.2. The molecule has 0 aromatic heterocycles. The van der Waals surface area contributed by atoms with Gasteiger partial charge in [0.1, 0.15) is 12.9 Å². The monoisotopic (exact) mass is 550 g/mol. The zero-order chi connectivity index (χ0) is 28.8. The van der Waals surface area contributed by atoms with Crippen molar-refractivity contribution in [3.63, 3.8) is 0 Å². The molecule has 1 aromatic carbocycles. The molecule has 1 rings (SSSR count). The number of carbonyl (C=O) groups excluding carboxylic acids is 1. The van der Waals surface area contributed by atoms with Gasteiger partial charge < -0.3 is 23.4 Å². The fraction of sp³-hybridized carbons (Fsp3) is 0.710. The minimum absolute atomic E-state index is 0.163. The number of allylic oxidation sites excluding steroid dienone is 1. The average Bonchev–Trinajstić information content (AvgIpc) is 2.85. The number of hydrogen-bond acceptors (Lipinski definition) is 6. The summed E-state index contributed by atoms with van der Waals surface area (Å²) >= 11 is 0. The van der Waals surface area contributed by atoms with Crippen LogP contribution in [0.4, 0.5) is 0 Å². The molecule has 0 saturated heterocycles. The van der Waals surface area contributed by atoms with Gasteiger partial charge >= 0.3 is 5.97 Å². The Balaban J connectivity index is 3.02. The summed E-state index contributed by atoms with van der Waals surface area (Å²) in [4.78, 5) is 11.6. The molecule has 1 aromatic rings. The second-order valence-corrected chi connectivity index (χ2v) is 17.0. The van der Waals surface area contributed by atoms with E-state index in [2.05, 4.69) is 72.8 Å². The largest absolute Gasteiger partial charge is 0.469 e. The maximum Gasteiger partial charge on any atom is 0.305 e. The Morgan fingerprint density at radius 2 is 1.68 bits per heavy atom. The smallest absolute Gasteiger partial charge is 0.305 e. The summed E-state index contributed by atoms with van der Waals surface area (Å²) in [5.41, 5.74) is 2.25. The number of ether oxygens (including phenoxy) is 4. The predicted octanol–water partition coefficient (Wildman–Crippen LogP) is 7.53. The van der Waals surface area contributed by atoms with Crippen LogP contribution in [0.3, 0.4) is 0 Å². The Hall–Kier alpha value is -1.51. The number of esters is 1. The first-order valence-corrected chi connectivity index (χ1v) is 16.8. The molecule has 4 atom stereocenters. The molecule has 0 aliphatic heterocycles. The summed E-state index contributed by atoms with van der Waals surface area (Å²) in [5.74, 6) is 0.383. The van der Waals surface area contributed by atoms with Crippen molar-refractivity contribution in [2.24, 2.45) is 11.8 Å². The van der Waals surface area contributed by atoms with Crippen LogP contribution in [0.2, 0.25) is 18.1 Å². The average molecular weight is 551 g/mol. The Kier molecular flexibility index (Phi) is 15.7. The molecular formula is C31H54O6Si. The van der Waals surface area contributed by atoms with Crippen LogP contribution in [-0.4, -0.2) is 54.1 Å². The minimum Gasteiger partial charge on any atom is -0.469 e. The normalized spacial score (nSPS) is 16.1. The summed E-state index contributed by atoms with van der Waals surface area (Å²) in [7, 11) is 1.25. The van der Waals surface area contributed by atoms with E-state index in [1.807, 2.05) is 18.2 Å². The van der Waals surface area contributed by atoms with E-state index in [1.54, 1.807) is 7.11 Å². The first kappa shape index (κ1) is 34.5. The van der Waals surface area contributed by atoms with Gasteiger partial charge in [0.15, 0.2) is 8.32 Å². The van der Waals surface area contributed by atoms with Gasteiger partial charge in [0.2, 0.25) is 0 Å². The fourth-order valence-corrected chi connectivity index (χ4v) is 5.07. The Bertz CT molecular complexity index is 817. The van der Waals surface area contributed by atoms with E-state index in [1.165, 1.54) is 7.11 Å². The van der Waals surface area contributed by atoms with Gasteiger partial charge in [0, 0.05) is 20.1 Å². The molecule has 0 aliphatic carbocycles. The highest BCUT2D eigenvalue weighted by atomic mass is 28.4. The lowest BCUT2D eigenvalue weighted by atomic mass is 9.94. The molecule has 0 spiro atoms. The summed E-state index contributed by atoms with van der Waals surface area (Å²) in [5, 5.41) is 0.171. The molecule has 6 nitrogen and oxygen atoms in total. The molecular weight excluding hydrogens is 496 g/mol. The predicted molar refractivity (Wildman–Crippen MR) is 157 cm³/mol. The molecule has 0 N–H and O–H groups in total. The molecule has 0 amide bonds. The zero-order valence-electron chi connectivity index (χ0n) is 25.7. The molecule has 7 heteroatoms. The Morgan fingerprint density at radius 3 is 2.26 bits per heavy atom. The third-order valence-corrected chi connectivity index (χ3v) is 12.0. The van der Waals surface area contributed by atoms with Gasteiger partial charge in [-0.1, -0.05) is 71.0 Å².